The largest absolute Gasteiger partial charge is 0.439 e. The smallest absolute Gasteiger partial charge is 0.195 e. The molecule has 1 N–H and O–H groups in total. The summed E-state index contributed by atoms with van der Waals surface area (Å²) in [6.45, 7) is 7.38. The van der Waals surface area contributed by atoms with Crippen molar-refractivity contribution in [1.29, 1.82) is 0 Å². The monoisotopic (exact) mass is 276 g/mol. The summed E-state index contributed by atoms with van der Waals surface area (Å²) in [6, 6.07) is 2.59. The molecule has 0 saturated heterocycles. The van der Waals surface area contributed by atoms with Gasteiger partial charge in [-0.25, -0.2) is 4.98 Å². The quantitative estimate of drug-likeness (QED) is 0.790. The van der Waals surface area contributed by atoms with Crippen LogP contribution in [0.4, 0.5) is 0 Å². The number of nitrogens with one attached hydrogen (secondary N) is 1. The van der Waals surface area contributed by atoms with Crippen molar-refractivity contribution < 1.29 is 4.42 Å². The summed E-state index contributed by atoms with van der Waals surface area (Å²) in [5, 5.41) is 7.82. The number of hydrogen-bond acceptors (Lipinski definition) is 4. The number of aromatic nitrogens is 3. The van der Waals surface area contributed by atoms with Gasteiger partial charge in [0, 0.05) is 19.5 Å². The zero-order chi connectivity index (χ0) is 14.5. The van der Waals surface area contributed by atoms with Gasteiger partial charge in [-0.05, 0) is 25.5 Å². The molecule has 0 unspecified atom stereocenters. The van der Waals surface area contributed by atoms with Gasteiger partial charge in [-0.2, -0.15) is 5.10 Å². The third-order valence-corrected chi connectivity index (χ3v) is 3.22. The maximum absolute atomic E-state index is 5.82. The molecule has 2 aromatic rings. The molecular formula is C15H24N4O. The fourth-order valence-corrected chi connectivity index (χ4v) is 2.10. The number of nitrogens with zero attached hydrogens (tertiary/aromatic N) is 3. The summed E-state index contributed by atoms with van der Waals surface area (Å²) < 4.78 is 7.67. The summed E-state index contributed by atoms with van der Waals surface area (Å²) in [4.78, 5) is 4.35. The molecule has 0 fully saturated rings. The van der Waals surface area contributed by atoms with E-state index in [2.05, 4.69) is 42.2 Å². The van der Waals surface area contributed by atoms with Crippen molar-refractivity contribution in [1.82, 2.24) is 20.1 Å². The number of rotatable bonds is 7. The molecule has 20 heavy (non-hydrogen) atoms. The zero-order valence-electron chi connectivity index (χ0n) is 12.8. The maximum Gasteiger partial charge on any atom is 0.195 e. The van der Waals surface area contributed by atoms with Crippen molar-refractivity contribution in [2.75, 3.05) is 6.54 Å². The van der Waals surface area contributed by atoms with Gasteiger partial charge in [0.05, 0.1) is 11.9 Å². The Morgan fingerprint density at radius 2 is 2.20 bits per heavy atom. The van der Waals surface area contributed by atoms with E-state index in [9.17, 15) is 0 Å². The fraction of sp³-hybridized carbons (Fsp3) is 0.600. The zero-order valence-corrected chi connectivity index (χ0v) is 12.8. The van der Waals surface area contributed by atoms with Crippen LogP contribution in [0.5, 0.6) is 0 Å². The lowest BCUT2D eigenvalue weighted by molar-refractivity contribution is 0.481. The van der Waals surface area contributed by atoms with Crippen LogP contribution >= 0.6 is 0 Å². The van der Waals surface area contributed by atoms with Gasteiger partial charge in [-0.15, -0.1) is 0 Å². The molecule has 0 atom stereocenters. The SMILES string of the molecule is CCc1cc(-c2cnc(CCCNC(C)C)o2)n(C)n1. The van der Waals surface area contributed by atoms with E-state index in [0.717, 1.165) is 48.8 Å². The Morgan fingerprint density at radius 1 is 1.40 bits per heavy atom. The van der Waals surface area contributed by atoms with E-state index < -0.39 is 0 Å². The lowest BCUT2D eigenvalue weighted by Crippen LogP contribution is -2.23. The lowest BCUT2D eigenvalue weighted by Gasteiger charge is -2.05. The minimum Gasteiger partial charge on any atom is -0.439 e. The van der Waals surface area contributed by atoms with Crippen LogP contribution in [-0.4, -0.2) is 27.4 Å². The molecule has 0 radical (unpaired) electrons. The van der Waals surface area contributed by atoms with Gasteiger partial charge in [0.15, 0.2) is 11.7 Å². The van der Waals surface area contributed by atoms with Crippen molar-refractivity contribution in [3.05, 3.63) is 23.8 Å². The first-order chi connectivity index (χ1) is 9.60. The molecule has 0 saturated carbocycles. The molecule has 0 aliphatic carbocycles. The summed E-state index contributed by atoms with van der Waals surface area (Å²) >= 11 is 0. The van der Waals surface area contributed by atoms with Gasteiger partial charge in [0.2, 0.25) is 0 Å². The summed E-state index contributed by atoms with van der Waals surface area (Å²) in [6.07, 6.45) is 4.61. The topological polar surface area (TPSA) is 55.9 Å². The van der Waals surface area contributed by atoms with Gasteiger partial charge in [0.1, 0.15) is 5.69 Å². The molecule has 0 aliphatic rings. The van der Waals surface area contributed by atoms with Crippen molar-refractivity contribution in [3.8, 4) is 11.5 Å². The third-order valence-electron chi connectivity index (χ3n) is 3.22. The highest BCUT2D eigenvalue weighted by atomic mass is 16.4. The molecule has 0 aromatic carbocycles. The molecule has 2 rings (SSSR count). The molecule has 5 heteroatoms. The molecule has 2 aromatic heterocycles. The molecular weight excluding hydrogens is 252 g/mol. The van der Waals surface area contributed by atoms with E-state index in [-0.39, 0.29) is 0 Å². The van der Waals surface area contributed by atoms with Crippen LogP contribution in [0, 0.1) is 0 Å². The van der Waals surface area contributed by atoms with Gasteiger partial charge in [0.25, 0.3) is 0 Å². The predicted molar refractivity (Wildman–Crippen MR) is 79.5 cm³/mol. The van der Waals surface area contributed by atoms with Crippen LogP contribution in [0.1, 0.15) is 38.8 Å². The number of aryl methyl sites for hydroxylation is 3. The molecule has 0 spiro atoms. The Morgan fingerprint density at radius 3 is 2.85 bits per heavy atom. The minimum atomic E-state index is 0.525. The van der Waals surface area contributed by atoms with Crippen molar-refractivity contribution in [2.45, 2.75) is 46.1 Å². The molecule has 0 bridgehead atoms. The van der Waals surface area contributed by atoms with E-state index in [4.69, 9.17) is 4.42 Å². The average molecular weight is 276 g/mol. The first-order valence-electron chi connectivity index (χ1n) is 7.31. The molecule has 2 heterocycles. The van der Waals surface area contributed by atoms with Crippen molar-refractivity contribution >= 4 is 0 Å². The van der Waals surface area contributed by atoms with Crippen LogP contribution in [0.3, 0.4) is 0 Å². The highest BCUT2D eigenvalue weighted by molar-refractivity contribution is 5.51. The van der Waals surface area contributed by atoms with E-state index in [1.807, 2.05) is 11.7 Å². The Labute approximate surface area is 120 Å². The molecule has 0 aliphatic heterocycles. The highest BCUT2D eigenvalue weighted by Crippen LogP contribution is 2.21. The highest BCUT2D eigenvalue weighted by Gasteiger charge is 2.11. The van der Waals surface area contributed by atoms with Crippen molar-refractivity contribution in [2.24, 2.45) is 7.05 Å². The first-order valence-corrected chi connectivity index (χ1v) is 7.31. The summed E-state index contributed by atoms with van der Waals surface area (Å²) in [7, 11) is 1.93. The molecule has 5 nitrogen and oxygen atoms in total. The van der Waals surface area contributed by atoms with E-state index in [1.165, 1.54) is 0 Å². The Kier molecular flexibility index (Phi) is 4.95. The van der Waals surface area contributed by atoms with Crippen LogP contribution in [-0.2, 0) is 19.9 Å². The number of oxazole rings is 1. The average Bonchev–Trinajstić information content (AvgIpc) is 3.00. The standard InChI is InChI=1S/C15H24N4O/c1-5-12-9-13(19(4)18-12)14-10-17-15(20-14)7-6-8-16-11(2)3/h9-11,16H,5-8H2,1-4H3. The first kappa shape index (κ1) is 14.8. The minimum absolute atomic E-state index is 0.525. The second-order valence-electron chi connectivity index (χ2n) is 5.33. The van der Waals surface area contributed by atoms with E-state index >= 15 is 0 Å². The Bertz CT molecular complexity index is 542. The van der Waals surface area contributed by atoms with Crippen LogP contribution < -0.4 is 5.32 Å². The van der Waals surface area contributed by atoms with E-state index in [0.29, 0.717) is 6.04 Å². The normalized spacial score (nSPS) is 11.4. The Hall–Kier alpha value is -1.62. The lowest BCUT2D eigenvalue weighted by atomic mass is 10.3. The van der Waals surface area contributed by atoms with Gasteiger partial charge < -0.3 is 9.73 Å². The van der Waals surface area contributed by atoms with Crippen LogP contribution in [0.15, 0.2) is 16.7 Å². The second-order valence-corrected chi connectivity index (χ2v) is 5.33. The maximum atomic E-state index is 5.82. The Balaban J connectivity index is 1.96. The van der Waals surface area contributed by atoms with Gasteiger partial charge in [-0.3, -0.25) is 4.68 Å². The predicted octanol–water partition coefficient (Wildman–Crippen LogP) is 2.57. The van der Waals surface area contributed by atoms with E-state index in [1.54, 1.807) is 6.20 Å². The summed E-state index contributed by atoms with van der Waals surface area (Å²) in [5.41, 5.74) is 2.06. The van der Waals surface area contributed by atoms with Gasteiger partial charge >= 0.3 is 0 Å². The van der Waals surface area contributed by atoms with Crippen LogP contribution in [0.25, 0.3) is 11.5 Å². The fourth-order valence-electron chi connectivity index (χ4n) is 2.10. The molecule has 110 valence electrons. The molecule has 0 amide bonds. The number of hydrogen-bond donors (Lipinski definition) is 1. The van der Waals surface area contributed by atoms with Crippen LogP contribution in [0.2, 0.25) is 0 Å². The van der Waals surface area contributed by atoms with Gasteiger partial charge in [-0.1, -0.05) is 20.8 Å². The summed E-state index contributed by atoms with van der Waals surface area (Å²) in [5.74, 6) is 1.59. The van der Waals surface area contributed by atoms with Crippen molar-refractivity contribution in [3.63, 3.8) is 0 Å². The third kappa shape index (κ3) is 3.70. The second kappa shape index (κ2) is 6.70.